The van der Waals surface area contributed by atoms with Gasteiger partial charge in [-0.15, -0.1) is 0 Å². The maximum absolute atomic E-state index is 11.5. The van der Waals surface area contributed by atoms with Gasteiger partial charge in [0.05, 0.1) is 5.75 Å². The molecule has 102 valence electrons. The number of hydrogen-bond donors (Lipinski definition) is 4. The maximum Gasteiger partial charge on any atom is 0.330 e. The van der Waals surface area contributed by atoms with Crippen molar-refractivity contribution in [2.24, 2.45) is 5.14 Å². The van der Waals surface area contributed by atoms with Gasteiger partial charge >= 0.3 is 5.69 Å². The number of primary sulfonamides is 1. The molecule has 0 bridgehead atoms. The average Bonchev–Trinajstić information content (AvgIpc) is 2.21. The molecule has 1 rings (SSSR count). The number of nitrogens with zero attached hydrogens (tertiary/aromatic N) is 1. The zero-order chi connectivity index (χ0) is 13.9. The molecule has 0 unspecified atom stereocenters. The van der Waals surface area contributed by atoms with Crippen LogP contribution in [0.1, 0.15) is 6.92 Å². The van der Waals surface area contributed by atoms with Crippen LogP contribution in [-0.2, 0) is 16.6 Å². The molecule has 0 amide bonds. The molecule has 0 aliphatic heterocycles. The van der Waals surface area contributed by atoms with Gasteiger partial charge in [0.2, 0.25) is 10.0 Å². The predicted octanol–water partition coefficient (Wildman–Crippen LogP) is -2.16. The lowest BCUT2D eigenvalue weighted by molar-refractivity contribution is 0.598. The second-order valence-corrected chi connectivity index (χ2v) is 5.29. The van der Waals surface area contributed by atoms with E-state index in [0.717, 1.165) is 4.57 Å². The lowest BCUT2D eigenvalue weighted by Crippen LogP contribution is -2.34. The highest BCUT2D eigenvalue weighted by molar-refractivity contribution is 7.89. The standard InChI is InChI=1S/C8H15N5O4S/c1-2-13-6(9)5(7(14)12-8(13)15)11-3-4-18(10,16)17/h11H,2-4,9H2,1H3,(H2,10,16,17)(H,12,14,15). The summed E-state index contributed by atoms with van der Waals surface area (Å²) in [6.45, 7) is 1.89. The summed E-state index contributed by atoms with van der Waals surface area (Å²) in [6, 6.07) is 0. The normalized spacial score (nSPS) is 11.4. The van der Waals surface area contributed by atoms with E-state index in [0.29, 0.717) is 0 Å². The number of hydrogen-bond acceptors (Lipinski definition) is 6. The first kappa shape index (κ1) is 14.3. The van der Waals surface area contributed by atoms with Gasteiger partial charge in [0.1, 0.15) is 11.5 Å². The van der Waals surface area contributed by atoms with Gasteiger partial charge in [0.25, 0.3) is 5.56 Å². The van der Waals surface area contributed by atoms with Crippen LogP contribution < -0.4 is 27.4 Å². The van der Waals surface area contributed by atoms with Gasteiger partial charge in [-0.3, -0.25) is 14.3 Å². The first-order valence-corrected chi connectivity index (χ1v) is 6.84. The molecule has 0 aromatic carbocycles. The van der Waals surface area contributed by atoms with E-state index in [-0.39, 0.29) is 30.3 Å². The molecule has 10 heteroatoms. The Kier molecular flexibility index (Phi) is 4.14. The Labute approximate surface area is 103 Å². The SMILES string of the molecule is CCn1c(N)c(NCCS(N)(=O)=O)c(=O)[nH]c1=O. The van der Waals surface area contributed by atoms with Crippen LogP contribution in [-0.4, -0.2) is 30.3 Å². The zero-order valence-corrected chi connectivity index (χ0v) is 10.6. The highest BCUT2D eigenvalue weighted by atomic mass is 32.2. The molecule has 0 aliphatic carbocycles. The maximum atomic E-state index is 11.5. The molecule has 9 nitrogen and oxygen atoms in total. The lowest BCUT2D eigenvalue weighted by atomic mass is 10.4. The van der Waals surface area contributed by atoms with E-state index in [1.807, 2.05) is 0 Å². The van der Waals surface area contributed by atoms with Crippen molar-refractivity contribution in [2.45, 2.75) is 13.5 Å². The number of nitrogen functional groups attached to an aromatic ring is 1. The third kappa shape index (κ3) is 3.34. The van der Waals surface area contributed by atoms with E-state index in [1.165, 1.54) is 0 Å². The highest BCUT2D eigenvalue weighted by Crippen LogP contribution is 2.08. The fraction of sp³-hybridized carbons (Fsp3) is 0.500. The number of nitrogens with two attached hydrogens (primary N) is 2. The van der Waals surface area contributed by atoms with Gasteiger partial charge in [0, 0.05) is 13.1 Å². The second-order valence-electron chi connectivity index (χ2n) is 3.56. The Morgan fingerprint density at radius 1 is 1.39 bits per heavy atom. The van der Waals surface area contributed by atoms with Crippen molar-refractivity contribution in [1.82, 2.24) is 9.55 Å². The molecule has 1 aromatic rings. The van der Waals surface area contributed by atoms with Crippen LogP contribution in [0.4, 0.5) is 11.5 Å². The van der Waals surface area contributed by atoms with Crippen LogP contribution in [0.15, 0.2) is 9.59 Å². The number of sulfonamides is 1. The van der Waals surface area contributed by atoms with E-state index in [9.17, 15) is 18.0 Å². The zero-order valence-electron chi connectivity index (χ0n) is 9.76. The second kappa shape index (κ2) is 5.23. The van der Waals surface area contributed by atoms with Gasteiger partial charge in [0.15, 0.2) is 0 Å². The van der Waals surface area contributed by atoms with Gasteiger partial charge in [-0.2, -0.15) is 0 Å². The van der Waals surface area contributed by atoms with Crippen molar-refractivity contribution in [3.8, 4) is 0 Å². The Balaban J connectivity index is 3.03. The Morgan fingerprint density at radius 2 is 2.00 bits per heavy atom. The van der Waals surface area contributed by atoms with Gasteiger partial charge in [-0.1, -0.05) is 0 Å². The van der Waals surface area contributed by atoms with Gasteiger partial charge in [-0.25, -0.2) is 18.4 Å². The predicted molar refractivity (Wildman–Crippen MR) is 67.9 cm³/mol. The minimum Gasteiger partial charge on any atom is -0.383 e. The van der Waals surface area contributed by atoms with Crippen LogP contribution >= 0.6 is 0 Å². The van der Waals surface area contributed by atoms with Crippen molar-refractivity contribution >= 4 is 21.5 Å². The van der Waals surface area contributed by atoms with Gasteiger partial charge in [-0.05, 0) is 6.92 Å². The molecule has 0 atom stereocenters. The van der Waals surface area contributed by atoms with Gasteiger partial charge < -0.3 is 11.1 Å². The summed E-state index contributed by atoms with van der Waals surface area (Å²) < 4.78 is 22.6. The summed E-state index contributed by atoms with van der Waals surface area (Å²) in [6.07, 6.45) is 0. The number of rotatable bonds is 5. The molecular formula is C8H15N5O4S. The summed E-state index contributed by atoms with van der Waals surface area (Å²) in [5, 5.41) is 7.37. The summed E-state index contributed by atoms with van der Waals surface area (Å²) in [4.78, 5) is 24.9. The first-order chi connectivity index (χ1) is 8.26. The largest absolute Gasteiger partial charge is 0.383 e. The third-order valence-electron chi connectivity index (χ3n) is 2.24. The molecule has 0 radical (unpaired) electrons. The minimum absolute atomic E-state index is 0.0410. The monoisotopic (exact) mass is 277 g/mol. The molecule has 1 heterocycles. The molecule has 18 heavy (non-hydrogen) atoms. The summed E-state index contributed by atoms with van der Waals surface area (Å²) in [5.41, 5.74) is 4.29. The molecule has 0 spiro atoms. The molecule has 0 aliphatic rings. The molecule has 0 saturated heterocycles. The van der Waals surface area contributed by atoms with Crippen LogP contribution in [0.3, 0.4) is 0 Å². The lowest BCUT2D eigenvalue weighted by Gasteiger charge is -2.11. The van der Waals surface area contributed by atoms with Crippen molar-refractivity contribution < 1.29 is 8.42 Å². The van der Waals surface area contributed by atoms with E-state index in [4.69, 9.17) is 10.9 Å². The average molecular weight is 277 g/mol. The molecule has 6 N–H and O–H groups in total. The number of aromatic nitrogens is 2. The molecule has 1 aromatic heterocycles. The smallest absolute Gasteiger partial charge is 0.330 e. The number of H-pyrrole nitrogens is 1. The van der Waals surface area contributed by atoms with Crippen molar-refractivity contribution in [3.63, 3.8) is 0 Å². The number of nitrogens with one attached hydrogen (secondary N) is 2. The number of aromatic amines is 1. The van der Waals surface area contributed by atoms with Crippen molar-refractivity contribution in [2.75, 3.05) is 23.3 Å². The third-order valence-corrected chi connectivity index (χ3v) is 3.02. The van der Waals surface area contributed by atoms with Crippen LogP contribution in [0.2, 0.25) is 0 Å². The fourth-order valence-electron chi connectivity index (χ4n) is 1.39. The van der Waals surface area contributed by atoms with E-state index in [2.05, 4.69) is 10.3 Å². The Bertz CT molecular complexity index is 644. The summed E-state index contributed by atoms with van der Waals surface area (Å²) in [5.74, 6) is -0.391. The first-order valence-electron chi connectivity index (χ1n) is 5.13. The quantitative estimate of drug-likeness (QED) is 0.480. The van der Waals surface area contributed by atoms with Crippen molar-refractivity contribution in [1.29, 1.82) is 0 Å². The van der Waals surface area contributed by atoms with Crippen LogP contribution in [0.5, 0.6) is 0 Å². The summed E-state index contributed by atoms with van der Waals surface area (Å²) in [7, 11) is -3.63. The van der Waals surface area contributed by atoms with Crippen molar-refractivity contribution in [3.05, 3.63) is 20.8 Å². The topological polar surface area (TPSA) is 153 Å². The Morgan fingerprint density at radius 3 is 2.50 bits per heavy atom. The highest BCUT2D eigenvalue weighted by Gasteiger charge is 2.11. The fourth-order valence-corrected chi connectivity index (χ4v) is 1.78. The minimum atomic E-state index is -3.63. The summed E-state index contributed by atoms with van der Waals surface area (Å²) >= 11 is 0. The van der Waals surface area contributed by atoms with Crippen LogP contribution in [0.25, 0.3) is 0 Å². The van der Waals surface area contributed by atoms with Crippen LogP contribution in [0, 0.1) is 0 Å². The molecule has 0 fully saturated rings. The molecular weight excluding hydrogens is 262 g/mol. The van der Waals surface area contributed by atoms with E-state index >= 15 is 0 Å². The van der Waals surface area contributed by atoms with E-state index in [1.54, 1.807) is 6.92 Å². The Hall–Kier alpha value is -1.81. The van der Waals surface area contributed by atoms with E-state index < -0.39 is 21.3 Å². The molecule has 0 saturated carbocycles. The number of anilines is 2.